The van der Waals surface area contributed by atoms with Crippen LogP contribution in [0.2, 0.25) is 0 Å². The number of pyridine rings is 1. The van der Waals surface area contributed by atoms with E-state index in [0.29, 0.717) is 6.04 Å². The maximum atomic E-state index is 4.59. The topological polar surface area (TPSA) is 24.9 Å². The van der Waals surface area contributed by atoms with E-state index in [1.807, 2.05) is 18.0 Å². The molecule has 1 aromatic rings. The predicted octanol–water partition coefficient (Wildman–Crippen LogP) is 4.42. The third-order valence-corrected chi connectivity index (χ3v) is 5.08. The van der Waals surface area contributed by atoms with Gasteiger partial charge in [0.1, 0.15) is 0 Å². The zero-order chi connectivity index (χ0) is 13.5. The van der Waals surface area contributed by atoms with E-state index in [9.17, 15) is 0 Å². The third kappa shape index (κ3) is 4.81. The zero-order valence-electron chi connectivity index (χ0n) is 12.2. The summed E-state index contributed by atoms with van der Waals surface area (Å²) in [6, 6.07) is 4.80. The minimum atomic E-state index is 0.404. The summed E-state index contributed by atoms with van der Waals surface area (Å²) in [5.74, 6) is 2.17. The molecule has 0 bridgehead atoms. The Kier molecular flexibility index (Phi) is 6.18. The van der Waals surface area contributed by atoms with Gasteiger partial charge in [-0.25, -0.2) is 4.98 Å². The van der Waals surface area contributed by atoms with E-state index >= 15 is 0 Å². The van der Waals surface area contributed by atoms with Gasteiger partial charge in [0.05, 0.1) is 5.03 Å². The largest absolute Gasteiger partial charge is 0.310 e. The first-order valence-electron chi connectivity index (χ1n) is 7.61. The lowest BCUT2D eigenvalue weighted by molar-refractivity contribution is 0.568. The van der Waals surface area contributed by atoms with Gasteiger partial charge in [0.25, 0.3) is 0 Å². The minimum Gasteiger partial charge on any atom is -0.310 e. The van der Waals surface area contributed by atoms with Gasteiger partial charge in [-0.3, -0.25) is 0 Å². The van der Waals surface area contributed by atoms with E-state index in [-0.39, 0.29) is 0 Å². The molecule has 1 N–H and O–H groups in total. The molecule has 1 unspecified atom stereocenters. The van der Waals surface area contributed by atoms with Gasteiger partial charge in [-0.15, -0.1) is 11.8 Å². The molecule has 1 aliphatic carbocycles. The van der Waals surface area contributed by atoms with Crippen LogP contribution in [-0.4, -0.2) is 17.3 Å². The highest BCUT2D eigenvalue weighted by molar-refractivity contribution is 7.99. The average molecular weight is 278 g/mol. The smallest absolute Gasteiger partial charge is 0.0960 e. The average Bonchev–Trinajstić information content (AvgIpc) is 2.96. The molecule has 2 nitrogen and oxygen atoms in total. The van der Waals surface area contributed by atoms with Crippen molar-refractivity contribution in [3.63, 3.8) is 0 Å². The second-order valence-electron chi connectivity index (χ2n) is 5.57. The van der Waals surface area contributed by atoms with Crippen LogP contribution >= 0.6 is 11.8 Å². The quantitative estimate of drug-likeness (QED) is 0.747. The second kappa shape index (κ2) is 7.91. The molecule has 1 heterocycles. The Labute approximate surface area is 121 Å². The molecule has 0 amide bonds. The molecule has 0 saturated heterocycles. The van der Waals surface area contributed by atoms with E-state index in [1.54, 1.807) is 0 Å². The minimum absolute atomic E-state index is 0.404. The Bertz CT molecular complexity index is 358. The van der Waals surface area contributed by atoms with Gasteiger partial charge in [0.15, 0.2) is 0 Å². The van der Waals surface area contributed by atoms with Crippen LogP contribution in [0.1, 0.15) is 57.6 Å². The molecule has 19 heavy (non-hydrogen) atoms. The Balaban J connectivity index is 1.80. The number of nitrogens with zero attached hydrogens (tertiary/aromatic N) is 1. The van der Waals surface area contributed by atoms with Crippen LogP contribution in [0.15, 0.2) is 23.4 Å². The van der Waals surface area contributed by atoms with Gasteiger partial charge in [0.2, 0.25) is 0 Å². The van der Waals surface area contributed by atoms with Gasteiger partial charge < -0.3 is 5.32 Å². The molecule has 1 aromatic heterocycles. The fourth-order valence-corrected chi connectivity index (χ4v) is 3.62. The maximum absolute atomic E-state index is 4.59. The van der Waals surface area contributed by atoms with Crippen molar-refractivity contribution < 1.29 is 0 Å². The van der Waals surface area contributed by atoms with Gasteiger partial charge >= 0.3 is 0 Å². The molecule has 2 rings (SSSR count). The molecule has 0 aromatic carbocycles. The van der Waals surface area contributed by atoms with Crippen LogP contribution < -0.4 is 5.32 Å². The SMILES string of the molecule is CCCNC(C)c1ccc(SCC2CCCC2)nc1. The number of hydrogen-bond donors (Lipinski definition) is 1. The standard InChI is InChI=1S/C16H26N2S/c1-3-10-17-13(2)15-8-9-16(18-11-15)19-12-14-6-4-5-7-14/h8-9,11,13-14,17H,3-7,10,12H2,1-2H3. The maximum Gasteiger partial charge on any atom is 0.0960 e. The summed E-state index contributed by atoms with van der Waals surface area (Å²) >= 11 is 1.92. The Hall–Kier alpha value is -0.540. The predicted molar refractivity (Wildman–Crippen MR) is 83.6 cm³/mol. The molecule has 106 valence electrons. The van der Waals surface area contributed by atoms with Crippen LogP contribution in [0.4, 0.5) is 0 Å². The molecule has 0 aliphatic heterocycles. The van der Waals surface area contributed by atoms with Crippen molar-refractivity contribution in [2.24, 2.45) is 5.92 Å². The second-order valence-corrected chi connectivity index (χ2v) is 6.61. The monoisotopic (exact) mass is 278 g/mol. The summed E-state index contributed by atoms with van der Waals surface area (Å²) in [5.41, 5.74) is 1.29. The normalized spacial score (nSPS) is 17.8. The lowest BCUT2D eigenvalue weighted by atomic mass is 10.1. The molecule has 1 fully saturated rings. The van der Waals surface area contributed by atoms with E-state index in [4.69, 9.17) is 0 Å². The van der Waals surface area contributed by atoms with Crippen molar-refractivity contribution in [2.45, 2.75) is 57.0 Å². The van der Waals surface area contributed by atoms with Crippen molar-refractivity contribution >= 4 is 11.8 Å². The molecule has 1 aliphatic rings. The Morgan fingerprint density at radius 2 is 2.16 bits per heavy atom. The summed E-state index contributed by atoms with van der Waals surface area (Å²) in [7, 11) is 0. The summed E-state index contributed by atoms with van der Waals surface area (Å²) in [4.78, 5) is 4.59. The number of aromatic nitrogens is 1. The lowest BCUT2D eigenvalue weighted by Crippen LogP contribution is -2.19. The molecular weight excluding hydrogens is 252 g/mol. The highest BCUT2D eigenvalue weighted by Crippen LogP contribution is 2.30. The van der Waals surface area contributed by atoms with E-state index in [0.717, 1.165) is 12.5 Å². The summed E-state index contributed by atoms with van der Waals surface area (Å²) in [6.45, 7) is 5.47. The Morgan fingerprint density at radius 3 is 2.79 bits per heavy atom. The lowest BCUT2D eigenvalue weighted by Gasteiger charge is -2.13. The molecule has 1 atom stereocenters. The fourth-order valence-electron chi connectivity index (χ4n) is 2.59. The highest BCUT2D eigenvalue weighted by Gasteiger charge is 2.15. The first-order chi connectivity index (χ1) is 9.29. The number of hydrogen-bond acceptors (Lipinski definition) is 3. The molecule has 3 heteroatoms. The highest BCUT2D eigenvalue weighted by atomic mass is 32.2. The first kappa shape index (κ1) is 14.9. The molecule has 1 saturated carbocycles. The van der Waals surface area contributed by atoms with Crippen molar-refractivity contribution in [2.75, 3.05) is 12.3 Å². The Morgan fingerprint density at radius 1 is 1.37 bits per heavy atom. The van der Waals surface area contributed by atoms with Crippen molar-refractivity contribution in [3.8, 4) is 0 Å². The number of thioether (sulfide) groups is 1. The van der Waals surface area contributed by atoms with Crippen LogP contribution in [0, 0.1) is 5.92 Å². The molecule has 0 radical (unpaired) electrons. The summed E-state index contributed by atoms with van der Waals surface area (Å²) < 4.78 is 0. The molecular formula is C16H26N2S. The van der Waals surface area contributed by atoms with Crippen LogP contribution in [-0.2, 0) is 0 Å². The van der Waals surface area contributed by atoms with Crippen molar-refractivity contribution in [3.05, 3.63) is 23.9 Å². The zero-order valence-corrected chi connectivity index (χ0v) is 13.0. The van der Waals surface area contributed by atoms with Gasteiger partial charge in [0, 0.05) is 18.0 Å². The molecule has 0 spiro atoms. The number of rotatable bonds is 7. The van der Waals surface area contributed by atoms with Crippen molar-refractivity contribution in [1.29, 1.82) is 0 Å². The summed E-state index contributed by atoms with van der Waals surface area (Å²) in [6.07, 6.45) is 8.90. The number of nitrogens with one attached hydrogen (secondary N) is 1. The van der Waals surface area contributed by atoms with Crippen LogP contribution in [0.3, 0.4) is 0 Å². The van der Waals surface area contributed by atoms with Crippen LogP contribution in [0.5, 0.6) is 0 Å². The fraction of sp³-hybridized carbons (Fsp3) is 0.688. The first-order valence-corrected chi connectivity index (χ1v) is 8.60. The van der Waals surface area contributed by atoms with Crippen molar-refractivity contribution in [1.82, 2.24) is 10.3 Å². The van der Waals surface area contributed by atoms with Gasteiger partial charge in [-0.1, -0.05) is 25.8 Å². The van der Waals surface area contributed by atoms with Gasteiger partial charge in [-0.2, -0.15) is 0 Å². The van der Waals surface area contributed by atoms with E-state index < -0.39 is 0 Å². The third-order valence-electron chi connectivity index (χ3n) is 3.90. The van der Waals surface area contributed by atoms with E-state index in [2.05, 4.69) is 36.3 Å². The van der Waals surface area contributed by atoms with Gasteiger partial charge in [-0.05, 0) is 50.3 Å². The summed E-state index contributed by atoms with van der Waals surface area (Å²) in [5, 5.41) is 4.68. The van der Waals surface area contributed by atoms with Crippen LogP contribution in [0.25, 0.3) is 0 Å². The van der Waals surface area contributed by atoms with E-state index in [1.165, 1.54) is 48.4 Å².